The third-order valence-corrected chi connectivity index (χ3v) is 9.44. The SMILES string of the molecule is C[C@H]1CCc2c(sc3ncnc(OCC(=O)N4CCN(S(=O)(=O)c5ccccc5)CC4)c23)C1. The molecule has 1 fully saturated rings. The van der Waals surface area contributed by atoms with E-state index in [0.717, 1.165) is 29.5 Å². The maximum Gasteiger partial charge on any atom is 0.260 e. The Labute approximate surface area is 197 Å². The van der Waals surface area contributed by atoms with Crippen LogP contribution in [-0.2, 0) is 27.7 Å². The van der Waals surface area contributed by atoms with E-state index in [1.54, 1.807) is 46.6 Å². The molecule has 1 aliphatic carbocycles. The van der Waals surface area contributed by atoms with Gasteiger partial charge >= 0.3 is 0 Å². The van der Waals surface area contributed by atoms with Gasteiger partial charge in [-0.1, -0.05) is 25.1 Å². The lowest BCUT2D eigenvalue weighted by molar-refractivity contribution is -0.134. The van der Waals surface area contributed by atoms with Gasteiger partial charge in [0.05, 0.1) is 10.3 Å². The Morgan fingerprint density at radius 2 is 1.91 bits per heavy atom. The van der Waals surface area contributed by atoms with E-state index in [1.807, 2.05) is 0 Å². The van der Waals surface area contributed by atoms with Crippen LogP contribution in [-0.4, -0.2) is 66.3 Å². The first kappa shape index (κ1) is 22.2. The largest absolute Gasteiger partial charge is 0.467 e. The van der Waals surface area contributed by atoms with Crippen LogP contribution in [0.1, 0.15) is 23.8 Å². The lowest BCUT2D eigenvalue weighted by Gasteiger charge is -2.33. The fourth-order valence-corrected chi connectivity index (χ4v) is 7.28. The molecule has 3 heterocycles. The van der Waals surface area contributed by atoms with Gasteiger partial charge in [0, 0.05) is 31.1 Å². The molecular weight excluding hydrogens is 460 g/mol. The van der Waals surface area contributed by atoms with E-state index >= 15 is 0 Å². The van der Waals surface area contributed by atoms with E-state index < -0.39 is 10.0 Å². The van der Waals surface area contributed by atoms with Gasteiger partial charge in [-0.2, -0.15) is 4.31 Å². The fourth-order valence-electron chi connectivity index (χ4n) is 4.50. The minimum atomic E-state index is -3.55. The van der Waals surface area contributed by atoms with Gasteiger partial charge < -0.3 is 9.64 Å². The zero-order valence-corrected chi connectivity index (χ0v) is 20.1. The minimum absolute atomic E-state index is 0.126. The van der Waals surface area contributed by atoms with Crippen molar-refractivity contribution < 1.29 is 17.9 Å². The number of rotatable bonds is 5. The average molecular weight is 487 g/mol. The summed E-state index contributed by atoms with van der Waals surface area (Å²) in [5.74, 6) is 0.954. The molecule has 0 spiro atoms. The number of aromatic nitrogens is 2. The summed E-state index contributed by atoms with van der Waals surface area (Å²) in [6.07, 6.45) is 4.64. The standard InChI is InChI=1S/C23H26N4O4S2/c1-16-7-8-18-19(13-16)32-23-21(18)22(24-15-25-23)31-14-20(28)26-9-11-27(12-10-26)33(29,30)17-5-3-2-4-6-17/h2-6,15-16H,7-14H2,1H3/t16-/m0/s1. The van der Waals surface area contributed by atoms with Crippen LogP contribution in [0.5, 0.6) is 5.88 Å². The zero-order valence-electron chi connectivity index (χ0n) is 18.4. The summed E-state index contributed by atoms with van der Waals surface area (Å²) in [4.78, 5) is 25.7. The van der Waals surface area contributed by atoms with Gasteiger partial charge in [0.2, 0.25) is 15.9 Å². The number of aryl methyl sites for hydroxylation is 1. The number of carbonyl (C=O) groups excluding carboxylic acids is 1. The molecule has 1 amide bonds. The Hall–Kier alpha value is -2.56. The van der Waals surface area contributed by atoms with Crippen molar-refractivity contribution >= 4 is 37.5 Å². The second-order valence-electron chi connectivity index (χ2n) is 8.60. The van der Waals surface area contributed by atoms with Crippen LogP contribution in [0.3, 0.4) is 0 Å². The highest BCUT2D eigenvalue weighted by Gasteiger charge is 2.30. The number of hydrogen-bond donors (Lipinski definition) is 0. The number of piperazine rings is 1. The van der Waals surface area contributed by atoms with Gasteiger partial charge in [0.15, 0.2) is 6.61 Å². The van der Waals surface area contributed by atoms with Crippen LogP contribution in [0, 0.1) is 5.92 Å². The van der Waals surface area contributed by atoms with Crippen molar-refractivity contribution in [2.45, 2.75) is 31.1 Å². The molecule has 8 nitrogen and oxygen atoms in total. The van der Waals surface area contributed by atoms with Crippen molar-refractivity contribution in [1.29, 1.82) is 0 Å². The van der Waals surface area contributed by atoms with Crippen LogP contribution in [0.4, 0.5) is 0 Å². The molecule has 2 aliphatic rings. The Kier molecular flexibility index (Phi) is 6.07. The van der Waals surface area contributed by atoms with Gasteiger partial charge in [0.25, 0.3) is 5.91 Å². The van der Waals surface area contributed by atoms with Crippen LogP contribution < -0.4 is 4.74 Å². The monoisotopic (exact) mass is 486 g/mol. The lowest BCUT2D eigenvalue weighted by atomic mass is 9.89. The Morgan fingerprint density at radius 1 is 1.15 bits per heavy atom. The molecule has 0 saturated carbocycles. The molecule has 1 aromatic carbocycles. The van der Waals surface area contributed by atoms with Crippen LogP contribution in [0.15, 0.2) is 41.6 Å². The summed E-state index contributed by atoms with van der Waals surface area (Å²) in [7, 11) is -3.55. The number of amides is 1. The highest BCUT2D eigenvalue weighted by atomic mass is 32.2. The van der Waals surface area contributed by atoms with Gasteiger partial charge in [-0.25, -0.2) is 18.4 Å². The van der Waals surface area contributed by atoms with Crippen molar-refractivity contribution in [2.75, 3.05) is 32.8 Å². The van der Waals surface area contributed by atoms with Crippen molar-refractivity contribution in [2.24, 2.45) is 5.92 Å². The molecular formula is C23H26N4O4S2. The number of thiophene rings is 1. The first-order valence-electron chi connectivity index (χ1n) is 11.1. The van der Waals surface area contributed by atoms with Crippen LogP contribution >= 0.6 is 11.3 Å². The molecule has 1 saturated heterocycles. The van der Waals surface area contributed by atoms with E-state index in [-0.39, 0.29) is 30.5 Å². The van der Waals surface area contributed by atoms with E-state index in [4.69, 9.17) is 4.74 Å². The van der Waals surface area contributed by atoms with Crippen molar-refractivity contribution in [3.63, 3.8) is 0 Å². The minimum Gasteiger partial charge on any atom is -0.467 e. The van der Waals surface area contributed by atoms with Gasteiger partial charge in [0.1, 0.15) is 11.2 Å². The molecule has 0 N–H and O–H groups in total. The molecule has 174 valence electrons. The summed E-state index contributed by atoms with van der Waals surface area (Å²) in [5.41, 5.74) is 1.26. The molecule has 0 bridgehead atoms. The summed E-state index contributed by atoms with van der Waals surface area (Å²) in [6, 6.07) is 8.38. The van der Waals surface area contributed by atoms with Crippen molar-refractivity contribution in [1.82, 2.24) is 19.2 Å². The maximum atomic E-state index is 12.8. The third kappa shape index (κ3) is 4.34. The molecule has 5 rings (SSSR count). The summed E-state index contributed by atoms with van der Waals surface area (Å²) >= 11 is 1.69. The quantitative estimate of drug-likeness (QED) is 0.551. The van der Waals surface area contributed by atoms with Crippen molar-refractivity contribution in [3.8, 4) is 5.88 Å². The molecule has 10 heteroatoms. The van der Waals surface area contributed by atoms with Crippen molar-refractivity contribution in [3.05, 3.63) is 47.1 Å². The molecule has 1 aliphatic heterocycles. The van der Waals surface area contributed by atoms with E-state index in [0.29, 0.717) is 24.9 Å². The first-order chi connectivity index (χ1) is 15.9. The number of hydrogen-bond acceptors (Lipinski definition) is 7. The van der Waals surface area contributed by atoms with E-state index in [1.165, 1.54) is 21.1 Å². The predicted molar refractivity (Wildman–Crippen MR) is 126 cm³/mol. The third-order valence-electron chi connectivity index (χ3n) is 6.36. The van der Waals surface area contributed by atoms with Crippen LogP contribution in [0.2, 0.25) is 0 Å². The summed E-state index contributed by atoms with van der Waals surface area (Å²) in [6.45, 7) is 3.32. The van der Waals surface area contributed by atoms with Gasteiger partial charge in [-0.15, -0.1) is 11.3 Å². The molecule has 1 atom stereocenters. The molecule has 0 radical (unpaired) electrons. The molecule has 0 unspecified atom stereocenters. The number of benzene rings is 1. The average Bonchev–Trinajstić information content (AvgIpc) is 3.21. The first-order valence-corrected chi connectivity index (χ1v) is 13.4. The van der Waals surface area contributed by atoms with E-state index in [2.05, 4.69) is 16.9 Å². The van der Waals surface area contributed by atoms with Gasteiger partial charge in [-0.3, -0.25) is 4.79 Å². The van der Waals surface area contributed by atoms with Gasteiger partial charge in [-0.05, 0) is 42.9 Å². The summed E-state index contributed by atoms with van der Waals surface area (Å²) in [5, 5.41) is 0.941. The summed E-state index contributed by atoms with van der Waals surface area (Å²) < 4.78 is 32.9. The number of nitrogens with zero attached hydrogens (tertiary/aromatic N) is 4. The Balaban J connectivity index is 1.23. The molecule has 3 aromatic rings. The number of carbonyl (C=O) groups is 1. The zero-order chi connectivity index (χ0) is 23.0. The number of sulfonamides is 1. The maximum absolute atomic E-state index is 12.8. The Bertz CT molecular complexity index is 1270. The topological polar surface area (TPSA) is 92.7 Å². The highest BCUT2D eigenvalue weighted by molar-refractivity contribution is 7.89. The highest BCUT2D eigenvalue weighted by Crippen LogP contribution is 2.40. The smallest absolute Gasteiger partial charge is 0.260 e. The Morgan fingerprint density at radius 3 is 2.67 bits per heavy atom. The molecule has 2 aromatic heterocycles. The number of fused-ring (bicyclic) bond motifs is 3. The lowest BCUT2D eigenvalue weighted by Crippen LogP contribution is -2.51. The normalized spacial score (nSPS) is 19.4. The number of ether oxygens (including phenoxy) is 1. The predicted octanol–water partition coefficient (Wildman–Crippen LogP) is 2.73. The molecule has 33 heavy (non-hydrogen) atoms. The second-order valence-corrected chi connectivity index (χ2v) is 11.6. The van der Waals surface area contributed by atoms with Crippen LogP contribution in [0.25, 0.3) is 10.2 Å². The fraction of sp³-hybridized carbons (Fsp3) is 0.435. The van der Waals surface area contributed by atoms with E-state index in [9.17, 15) is 13.2 Å². The second kappa shape index (κ2) is 9.00.